The monoisotopic (exact) mass is 466 g/mol. The van der Waals surface area contributed by atoms with Crippen LogP contribution in [-0.4, -0.2) is 33.1 Å². The minimum atomic E-state index is -3.81. The van der Waals surface area contributed by atoms with E-state index in [0.717, 1.165) is 17.5 Å². The molecule has 172 valence electrons. The van der Waals surface area contributed by atoms with E-state index in [1.54, 1.807) is 42.3 Å². The fourth-order valence-corrected chi connectivity index (χ4v) is 4.62. The van der Waals surface area contributed by atoms with Gasteiger partial charge in [-0.3, -0.25) is 4.79 Å². The Bertz CT molecular complexity index is 1260. The highest BCUT2D eigenvalue weighted by molar-refractivity contribution is 7.89. The Morgan fingerprint density at radius 3 is 2.39 bits per heavy atom. The van der Waals surface area contributed by atoms with E-state index in [2.05, 4.69) is 11.6 Å². The molecular weight excluding hydrogens is 440 g/mol. The number of hydrogen-bond acceptors (Lipinski definition) is 5. The van der Waals surface area contributed by atoms with Crippen LogP contribution in [0.5, 0.6) is 11.5 Å². The minimum Gasteiger partial charge on any atom is -0.454 e. The quantitative estimate of drug-likeness (QED) is 0.547. The van der Waals surface area contributed by atoms with Gasteiger partial charge in [-0.05, 0) is 53.4 Å². The highest BCUT2D eigenvalue weighted by Crippen LogP contribution is 2.32. The average Bonchev–Trinajstić information content (AvgIpc) is 3.31. The molecule has 0 spiro atoms. The summed E-state index contributed by atoms with van der Waals surface area (Å²) in [6.45, 7) is 2.77. The van der Waals surface area contributed by atoms with Gasteiger partial charge in [0.1, 0.15) is 0 Å². The molecular formula is C25H26N2O5S. The van der Waals surface area contributed by atoms with E-state index in [-0.39, 0.29) is 24.1 Å². The normalized spacial score (nSPS) is 12.5. The molecule has 1 heterocycles. The third kappa shape index (κ3) is 5.35. The van der Waals surface area contributed by atoms with Crippen LogP contribution in [0.15, 0.2) is 71.6 Å². The molecule has 3 aromatic carbocycles. The molecule has 0 aliphatic carbocycles. The number of nitrogens with zero attached hydrogens (tertiary/aromatic N) is 1. The topological polar surface area (TPSA) is 84.9 Å². The molecule has 0 radical (unpaired) electrons. The standard InChI is InChI=1S/C25H26N2O5S/c1-3-18-7-9-19(10-8-18)16-27(2)25(28)21-5-4-6-22(14-21)33(29,30)26-15-20-11-12-23-24(13-20)32-17-31-23/h4-14,26H,3,15-17H2,1-2H3. The Kier molecular flexibility index (Phi) is 6.67. The number of carbonyl (C=O) groups excluding carboxylic acids is 1. The van der Waals surface area contributed by atoms with Gasteiger partial charge >= 0.3 is 0 Å². The molecule has 4 rings (SSSR count). The van der Waals surface area contributed by atoms with Crippen molar-refractivity contribution >= 4 is 15.9 Å². The van der Waals surface area contributed by atoms with Gasteiger partial charge in [-0.1, -0.05) is 43.3 Å². The lowest BCUT2D eigenvalue weighted by Crippen LogP contribution is -2.27. The fourth-order valence-electron chi connectivity index (χ4n) is 3.56. The zero-order valence-electron chi connectivity index (χ0n) is 18.6. The van der Waals surface area contributed by atoms with Gasteiger partial charge in [-0.25, -0.2) is 13.1 Å². The summed E-state index contributed by atoms with van der Waals surface area (Å²) in [4.78, 5) is 14.5. The highest BCUT2D eigenvalue weighted by atomic mass is 32.2. The van der Waals surface area contributed by atoms with Crippen LogP contribution < -0.4 is 14.2 Å². The molecule has 7 nitrogen and oxygen atoms in total. The fraction of sp³-hybridized carbons (Fsp3) is 0.240. The molecule has 1 aliphatic rings. The van der Waals surface area contributed by atoms with E-state index < -0.39 is 10.0 Å². The maximum absolute atomic E-state index is 12.9. The Morgan fingerprint density at radius 2 is 1.64 bits per heavy atom. The molecule has 0 unspecified atom stereocenters. The summed E-state index contributed by atoms with van der Waals surface area (Å²) >= 11 is 0. The van der Waals surface area contributed by atoms with E-state index in [0.29, 0.717) is 23.6 Å². The molecule has 8 heteroatoms. The second-order valence-electron chi connectivity index (χ2n) is 7.87. The lowest BCUT2D eigenvalue weighted by Gasteiger charge is -2.18. The van der Waals surface area contributed by atoms with Crippen LogP contribution in [0.4, 0.5) is 0 Å². The summed E-state index contributed by atoms with van der Waals surface area (Å²) in [7, 11) is -2.11. The van der Waals surface area contributed by atoms with E-state index in [9.17, 15) is 13.2 Å². The lowest BCUT2D eigenvalue weighted by atomic mass is 10.1. The van der Waals surface area contributed by atoms with E-state index in [4.69, 9.17) is 9.47 Å². The number of rotatable bonds is 8. The Morgan fingerprint density at radius 1 is 0.939 bits per heavy atom. The maximum Gasteiger partial charge on any atom is 0.253 e. The molecule has 1 amide bonds. The van der Waals surface area contributed by atoms with Crippen molar-refractivity contribution in [3.05, 3.63) is 89.0 Å². The summed E-state index contributed by atoms with van der Waals surface area (Å²) in [6, 6.07) is 19.4. The van der Waals surface area contributed by atoms with Gasteiger partial charge in [0, 0.05) is 25.7 Å². The van der Waals surface area contributed by atoms with Crippen LogP contribution in [0.25, 0.3) is 0 Å². The number of benzene rings is 3. The van der Waals surface area contributed by atoms with Gasteiger partial charge in [-0.2, -0.15) is 0 Å². The van der Waals surface area contributed by atoms with Gasteiger partial charge in [0.05, 0.1) is 4.90 Å². The number of aryl methyl sites for hydroxylation is 1. The number of carbonyl (C=O) groups is 1. The summed E-state index contributed by atoms with van der Waals surface area (Å²) < 4.78 is 38.9. The number of fused-ring (bicyclic) bond motifs is 1. The van der Waals surface area contributed by atoms with E-state index >= 15 is 0 Å². The number of ether oxygens (including phenoxy) is 2. The molecule has 0 atom stereocenters. The third-order valence-corrected chi connectivity index (χ3v) is 6.89. The summed E-state index contributed by atoms with van der Waals surface area (Å²) in [6.07, 6.45) is 0.957. The summed E-state index contributed by atoms with van der Waals surface area (Å²) in [5, 5.41) is 0. The largest absolute Gasteiger partial charge is 0.454 e. The van der Waals surface area contributed by atoms with Crippen molar-refractivity contribution in [2.75, 3.05) is 13.8 Å². The second-order valence-corrected chi connectivity index (χ2v) is 9.64. The highest BCUT2D eigenvalue weighted by Gasteiger charge is 2.19. The summed E-state index contributed by atoms with van der Waals surface area (Å²) in [5.41, 5.74) is 3.30. The van der Waals surface area contributed by atoms with Crippen molar-refractivity contribution in [3.8, 4) is 11.5 Å². The molecule has 0 fully saturated rings. The van der Waals surface area contributed by atoms with Gasteiger partial charge in [-0.15, -0.1) is 0 Å². The molecule has 1 N–H and O–H groups in total. The number of amides is 1. The van der Waals surface area contributed by atoms with Crippen molar-refractivity contribution < 1.29 is 22.7 Å². The Labute approximate surface area is 194 Å². The minimum absolute atomic E-state index is 0.0368. The Balaban J connectivity index is 1.43. The van der Waals surface area contributed by atoms with Crippen LogP contribution in [0.1, 0.15) is 34.0 Å². The zero-order chi connectivity index (χ0) is 23.4. The first-order valence-corrected chi connectivity index (χ1v) is 12.2. The average molecular weight is 467 g/mol. The van der Waals surface area contributed by atoms with Gasteiger partial charge in [0.25, 0.3) is 5.91 Å². The van der Waals surface area contributed by atoms with Crippen molar-refractivity contribution in [1.82, 2.24) is 9.62 Å². The van der Waals surface area contributed by atoms with Crippen molar-refractivity contribution in [2.24, 2.45) is 0 Å². The number of sulfonamides is 1. The second kappa shape index (κ2) is 9.64. The van der Waals surface area contributed by atoms with E-state index in [1.165, 1.54) is 17.7 Å². The van der Waals surface area contributed by atoms with Crippen LogP contribution in [-0.2, 0) is 29.5 Å². The van der Waals surface area contributed by atoms with Crippen molar-refractivity contribution in [3.63, 3.8) is 0 Å². The zero-order valence-corrected chi connectivity index (χ0v) is 19.4. The Hall–Kier alpha value is -3.36. The van der Waals surface area contributed by atoms with Crippen LogP contribution >= 0.6 is 0 Å². The molecule has 33 heavy (non-hydrogen) atoms. The van der Waals surface area contributed by atoms with Crippen molar-refractivity contribution in [1.29, 1.82) is 0 Å². The predicted molar refractivity (Wildman–Crippen MR) is 125 cm³/mol. The lowest BCUT2D eigenvalue weighted by molar-refractivity contribution is 0.0785. The van der Waals surface area contributed by atoms with Gasteiger partial charge in [0.2, 0.25) is 16.8 Å². The van der Waals surface area contributed by atoms with Crippen LogP contribution in [0.3, 0.4) is 0 Å². The SMILES string of the molecule is CCc1ccc(CN(C)C(=O)c2cccc(S(=O)(=O)NCc3ccc4c(c3)OCO4)c2)cc1. The first kappa shape index (κ1) is 22.8. The van der Waals surface area contributed by atoms with Gasteiger partial charge < -0.3 is 14.4 Å². The molecule has 0 aromatic heterocycles. The number of hydrogen-bond donors (Lipinski definition) is 1. The van der Waals surface area contributed by atoms with Gasteiger partial charge in [0.15, 0.2) is 11.5 Å². The molecule has 1 aliphatic heterocycles. The van der Waals surface area contributed by atoms with Crippen LogP contribution in [0.2, 0.25) is 0 Å². The summed E-state index contributed by atoms with van der Waals surface area (Å²) in [5.74, 6) is 0.979. The van der Waals surface area contributed by atoms with Crippen molar-refractivity contribution in [2.45, 2.75) is 31.3 Å². The molecule has 3 aromatic rings. The predicted octanol–water partition coefficient (Wildman–Crippen LogP) is 3.73. The van der Waals surface area contributed by atoms with E-state index in [1.807, 2.05) is 24.3 Å². The first-order chi connectivity index (χ1) is 15.9. The molecule has 0 saturated carbocycles. The maximum atomic E-state index is 12.9. The third-order valence-electron chi connectivity index (χ3n) is 5.49. The molecule has 0 bridgehead atoms. The molecule has 0 saturated heterocycles. The number of nitrogens with one attached hydrogen (secondary N) is 1. The first-order valence-electron chi connectivity index (χ1n) is 10.7. The van der Waals surface area contributed by atoms with Crippen LogP contribution in [0, 0.1) is 0 Å². The smallest absolute Gasteiger partial charge is 0.253 e.